The Morgan fingerprint density at radius 1 is 1.50 bits per heavy atom. The van der Waals surface area contributed by atoms with Crippen molar-refractivity contribution in [1.29, 1.82) is 0 Å². The summed E-state index contributed by atoms with van der Waals surface area (Å²) < 4.78 is 0. The summed E-state index contributed by atoms with van der Waals surface area (Å²) in [5.41, 5.74) is 3.04. The lowest BCUT2D eigenvalue weighted by molar-refractivity contribution is -0.135. The van der Waals surface area contributed by atoms with Crippen molar-refractivity contribution in [2.45, 2.75) is 12.8 Å². The van der Waals surface area contributed by atoms with Crippen LogP contribution in [0.15, 0.2) is 24.3 Å². The molecule has 0 fully saturated rings. The Bertz CT molecular complexity index is 421. The van der Waals surface area contributed by atoms with E-state index >= 15 is 0 Å². The number of allylic oxidation sites excluding steroid dienone is 1. The summed E-state index contributed by atoms with van der Waals surface area (Å²) in [6.07, 6.45) is 2.84. The summed E-state index contributed by atoms with van der Waals surface area (Å²) in [7, 11) is 0. The minimum absolute atomic E-state index is 0.0919. The van der Waals surface area contributed by atoms with Gasteiger partial charge in [0.2, 0.25) is 0 Å². The van der Waals surface area contributed by atoms with E-state index in [9.17, 15) is 4.79 Å². The Morgan fingerprint density at radius 2 is 2.29 bits per heavy atom. The first-order valence-electron chi connectivity index (χ1n) is 4.36. The predicted octanol–water partition coefficient (Wildman–Crippen LogP) is 2.75. The second-order valence-electron chi connectivity index (χ2n) is 3.31. The standard InChI is InChI=1S/C11H9ClO2/c12-9-3-4-10-7(5-9)1-2-8(10)6-11(13)14/h2-5H,1,6H2,(H,13,14). The maximum absolute atomic E-state index is 10.6. The van der Waals surface area contributed by atoms with Crippen LogP contribution >= 0.6 is 11.6 Å². The molecule has 1 aromatic carbocycles. The summed E-state index contributed by atoms with van der Waals surface area (Å²) in [5.74, 6) is -0.793. The third-order valence-corrected chi connectivity index (χ3v) is 2.56. The molecule has 3 heteroatoms. The maximum Gasteiger partial charge on any atom is 0.307 e. The summed E-state index contributed by atoms with van der Waals surface area (Å²) in [6.45, 7) is 0. The molecular formula is C11H9ClO2. The molecule has 1 aliphatic rings. The van der Waals surface area contributed by atoms with Gasteiger partial charge in [-0.1, -0.05) is 23.7 Å². The van der Waals surface area contributed by atoms with E-state index < -0.39 is 5.97 Å². The fraction of sp³-hybridized carbons (Fsp3) is 0.182. The van der Waals surface area contributed by atoms with Crippen LogP contribution in [0.4, 0.5) is 0 Å². The SMILES string of the molecule is O=C(O)CC1=CCc2cc(Cl)ccc21. The van der Waals surface area contributed by atoms with E-state index in [4.69, 9.17) is 16.7 Å². The van der Waals surface area contributed by atoms with Crippen LogP contribution in [-0.4, -0.2) is 11.1 Å². The van der Waals surface area contributed by atoms with Crippen molar-refractivity contribution in [1.82, 2.24) is 0 Å². The van der Waals surface area contributed by atoms with E-state index in [1.165, 1.54) is 0 Å². The van der Waals surface area contributed by atoms with Gasteiger partial charge >= 0.3 is 5.97 Å². The molecule has 72 valence electrons. The van der Waals surface area contributed by atoms with Crippen LogP contribution in [0, 0.1) is 0 Å². The molecule has 0 bridgehead atoms. The fourth-order valence-corrected chi connectivity index (χ4v) is 1.91. The largest absolute Gasteiger partial charge is 0.481 e. The van der Waals surface area contributed by atoms with Crippen molar-refractivity contribution >= 4 is 23.1 Å². The summed E-state index contributed by atoms with van der Waals surface area (Å²) in [6, 6.07) is 5.57. The van der Waals surface area contributed by atoms with Crippen LogP contribution < -0.4 is 0 Å². The van der Waals surface area contributed by atoms with Gasteiger partial charge in [0, 0.05) is 5.02 Å². The summed E-state index contributed by atoms with van der Waals surface area (Å²) in [4.78, 5) is 10.6. The summed E-state index contributed by atoms with van der Waals surface area (Å²) >= 11 is 5.84. The average Bonchev–Trinajstić information content (AvgIpc) is 2.47. The zero-order chi connectivity index (χ0) is 10.1. The van der Waals surface area contributed by atoms with E-state index in [-0.39, 0.29) is 6.42 Å². The van der Waals surface area contributed by atoms with Crippen LogP contribution in [0.25, 0.3) is 5.57 Å². The molecule has 0 spiro atoms. The number of carbonyl (C=O) groups is 1. The highest BCUT2D eigenvalue weighted by molar-refractivity contribution is 6.30. The van der Waals surface area contributed by atoms with E-state index in [1.54, 1.807) is 6.07 Å². The molecule has 14 heavy (non-hydrogen) atoms. The number of fused-ring (bicyclic) bond motifs is 1. The van der Waals surface area contributed by atoms with Gasteiger partial charge in [0.1, 0.15) is 0 Å². The lowest BCUT2D eigenvalue weighted by Crippen LogP contribution is -1.95. The molecule has 0 unspecified atom stereocenters. The van der Waals surface area contributed by atoms with Crippen molar-refractivity contribution in [2.24, 2.45) is 0 Å². The second-order valence-corrected chi connectivity index (χ2v) is 3.74. The molecule has 0 amide bonds. The van der Waals surface area contributed by atoms with Gasteiger partial charge in [-0.3, -0.25) is 4.79 Å². The second kappa shape index (κ2) is 3.46. The Kier molecular flexibility index (Phi) is 2.30. The molecule has 0 aromatic heterocycles. The molecule has 1 N–H and O–H groups in total. The fourth-order valence-electron chi connectivity index (χ4n) is 1.72. The Balaban J connectivity index is 2.32. The monoisotopic (exact) mass is 208 g/mol. The van der Waals surface area contributed by atoms with Gasteiger partial charge in [-0.2, -0.15) is 0 Å². The lowest BCUT2D eigenvalue weighted by Gasteiger charge is -2.03. The minimum atomic E-state index is -0.793. The van der Waals surface area contributed by atoms with Crippen LogP contribution in [-0.2, 0) is 11.2 Å². The molecule has 0 saturated heterocycles. The molecule has 1 aliphatic carbocycles. The van der Waals surface area contributed by atoms with Gasteiger partial charge in [0.25, 0.3) is 0 Å². The van der Waals surface area contributed by atoms with Crippen molar-refractivity contribution < 1.29 is 9.90 Å². The predicted molar refractivity (Wildman–Crippen MR) is 55.4 cm³/mol. The van der Waals surface area contributed by atoms with Crippen molar-refractivity contribution in [3.63, 3.8) is 0 Å². The highest BCUT2D eigenvalue weighted by atomic mass is 35.5. The molecule has 0 radical (unpaired) electrons. The first-order valence-corrected chi connectivity index (χ1v) is 4.74. The van der Waals surface area contributed by atoms with E-state index in [0.29, 0.717) is 5.02 Å². The van der Waals surface area contributed by atoms with Gasteiger partial charge in [-0.05, 0) is 35.3 Å². The number of aliphatic carboxylic acids is 1. The van der Waals surface area contributed by atoms with Crippen LogP contribution in [0.5, 0.6) is 0 Å². The zero-order valence-corrected chi connectivity index (χ0v) is 8.21. The van der Waals surface area contributed by atoms with E-state index in [0.717, 1.165) is 23.1 Å². The first kappa shape index (κ1) is 9.28. The third kappa shape index (κ3) is 1.66. The molecule has 1 aromatic rings. The normalized spacial score (nSPS) is 13.6. The molecular weight excluding hydrogens is 200 g/mol. The van der Waals surface area contributed by atoms with Crippen molar-refractivity contribution in [3.8, 4) is 0 Å². The number of rotatable bonds is 2. The minimum Gasteiger partial charge on any atom is -0.481 e. The van der Waals surface area contributed by atoms with Crippen molar-refractivity contribution in [2.75, 3.05) is 0 Å². The van der Waals surface area contributed by atoms with Crippen LogP contribution in [0.2, 0.25) is 5.02 Å². The lowest BCUT2D eigenvalue weighted by atomic mass is 10.0. The molecule has 0 heterocycles. The quantitative estimate of drug-likeness (QED) is 0.812. The van der Waals surface area contributed by atoms with Gasteiger partial charge in [-0.15, -0.1) is 0 Å². The number of halogens is 1. The molecule has 2 nitrogen and oxygen atoms in total. The number of carboxylic acids is 1. The van der Waals surface area contributed by atoms with Gasteiger partial charge in [-0.25, -0.2) is 0 Å². The number of hydrogen-bond acceptors (Lipinski definition) is 1. The Labute approximate surface area is 86.8 Å². The van der Waals surface area contributed by atoms with Gasteiger partial charge in [0.05, 0.1) is 6.42 Å². The van der Waals surface area contributed by atoms with Crippen LogP contribution in [0.1, 0.15) is 17.5 Å². The first-order chi connectivity index (χ1) is 6.66. The Morgan fingerprint density at radius 3 is 3.00 bits per heavy atom. The zero-order valence-electron chi connectivity index (χ0n) is 7.46. The van der Waals surface area contributed by atoms with Gasteiger partial charge < -0.3 is 5.11 Å². The Hall–Kier alpha value is -1.28. The topological polar surface area (TPSA) is 37.3 Å². The molecule has 0 atom stereocenters. The number of benzene rings is 1. The third-order valence-electron chi connectivity index (χ3n) is 2.32. The van der Waals surface area contributed by atoms with E-state index in [1.807, 2.05) is 18.2 Å². The smallest absolute Gasteiger partial charge is 0.307 e. The number of carboxylic acid groups (broad SMARTS) is 1. The molecule has 2 rings (SSSR count). The maximum atomic E-state index is 10.6. The number of hydrogen-bond donors (Lipinski definition) is 1. The summed E-state index contributed by atoms with van der Waals surface area (Å²) in [5, 5.41) is 9.39. The molecule has 0 saturated carbocycles. The van der Waals surface area contributed by atoms with E-state index in [2.05, 4.69) is 0 Å². The average molecular weight is 209 g/mol. The van der Waals surface area contributed by atoms with Crippen LogP contribution in [0.3, 0.4) is 0 Å². The highest BCUT2D eigenvalue weighted by Gasteiger charge is 2.16. The molecule has 0 aliphatic heterocycles. The van der Waals surface area contributed by atoms with Gasteiger partial charge in [0.15, 0.2) is 0 Å². The highest BCUT2D eigenvalue weighted by Crippen LogP contribution is 2.31. The van der Waals surface area contributed by atoms with Crippen molar-refractivity contribution in [3.05, 3.63) is 40.4 Å².